The van der Waals surface area contributed by atoms with Crippen molar-refractivity contribution in [2.45, 2.75) is 18.6 Å². The van der Waals surface area contributed by atoms with Crippen LogP contribution in [0.4, 0.5) is 0 Å². The van der Waals surface area contributed by atoms with E-state index in [1.807, 2.05) is 0 Å². The van der Waals surface area contributed by atoms with Gasteiger partial charge in [0.15, 0.2) is 0 Å². The van der Waals surface area contributed by atoms with Crippen LogP contribution < -0.4 is 0 Å². The van der Waals surface area contributed by atoms with Crippen LogP contribution in [0.3, 0.4) is 0 Å². The molecule has 0 rings (SSSR count). The van der Waals surface area contributed by atoms with Crippen LogP contribution in [0.2, 0.25) is 0 Å². The molecule has 0 saturated carbocycles. The Morgan fingerprint density at radius 3 is 2.42 bits per heavy atom. The molecule has 74 valence electrons. The third-order valence-corrected chi connectivity index (χ3v) is 2.64. The van der Waals surface area contributed by atoms with E-state index in [0.29, 0.717) is 0 Å². The highest BCUT2D eigenvalue weighted by atomic mass is 32.2. The Hall–Kier alpha value is 0.0200. The first kappa shape index (κ1) is 12.0. The van der Waals surface area contributed by atoms with Gasteiger partial charge < -0.3 is 4.55 Å². The zero-order valence-corrected chi connectivity index (χ0v) is 8.48. The third-order valence-electron chi connectivity index (χ3n) is 1.15. The van der Waals surface area contributed by atoms with Crippen molar-refractivity contribution in [3.05, 3.63) is 0 Å². The van der Waals surface area contributed by atoms with Gasteiger partial charge in [0.1, 0.15) is 0 Å². The molecular formula is C5H11O5S2-. The van der Waals surface area contributed by atoms with Gasteiger partial charge in [-0.3, -0.25) is 8.39 Å². The van der Waals surface area contributed by atoms with Gasteiger partial charge in [0.05, 0.1) is 12.9 Å². The Morgan fingerprint density at radius 1 is 1.58 bits per heavy atom. The summed E-state index contributed by atoms with van der Waals surface area (Å²) in [6, 6.07) is 0. The van der Waals surface area contributed by atoms with E-state index >= 15 is 0 Å². The lowest BCUT2D eigenvalue weighted by Gasteiger charge is -2.13. The van der Waals surface area contributed by atoms with Crippen LogP contribution in [0.5, 0.6) is 0 Å². The second-order valence-corrected chi connectivity index (χ2v) is 5.36. The summed E-state index contributed by atoms with van der Waals surface area (Å²) >= 11 is -2.16. The third kappa shape index (κ3) is 6.71. The molecule has 0 aliphatic heterocycles. The first-order valence-electron chi connectivity index (χ1n) is 3.25. The molecule has 0 aliphatic rings. The first-order chi connectivity index (χ1) is 5.33. The topological polar surface area (TPSA) is 83.5 Å². The van der Waals surface area contributed by atoms with Gasteiger partial charge >= 0.3 is 0 Å². The summed E-state index contributed by atoms with van der Waals surface area (Å²) in [5.41, 5.74) is 0. The Bertz CT molecular complexity index is 245. The Balaban J connectivity index is 3.65. The summed E-state index contributed by atoms with van der Waals surface area (Å²) in [5, 5.41) is -0.577. The van der Waals surface area contributed by atoms with Crippen LogP contribution in [-0.4, -0.2) is 35.3 Å². The molecule has 0 spiro atoms. The molecule has 12 heavy (non-hydrogen) atoms. The lowest BCUT2D eigenvalue weighted by Crippen LogP contribution is -2.14. The standard InChI is InChI=1S/C5H12O5S2/c1-5(11(6)7)3-4-10-12(2,8)9/h5H,3-4H2,1-2H3,(H,6,7)/p-1. The van der Waals surface area contributed by atoms with Gasteiger partial charge in [-0.1, -0.05) is 18.0 Å². The minimum absolute atomic E-state index is 0.0893. The summed E-state index contributed by atoms with van der Waals surface area (Å²) < 4.78 is 45.7. The van der Waals surface area contributed by atoms with Gasteiger partial charge in [-0.25, -0.2) is 0 Å². The predicted octanol–water partition coefficient (Wildman–Crippen LogP) is -0.380. The highest BCUT2D eigenvalue weighted by molar-refractivity contribution is 7.86. The average molecular weight is 215 g/mol. The van der Waals surface area contributed by atoms with Gasteiger partial charge in [0.2, 0.25) is 0 Å². The van der Waals surface area contributed by atoms with E-state index in [9.17, 15) is 17.2 Å². The summed E-state index contributed by atoms with van der Waals surface area (Å²) in [7, 11) is -3.45. The fraction of sp³-hybridized carbons (Fsp3) is 1.00. The second-order valence-electron chi connectivity index (χ2n) is 2.39. The highest BCUT2D eigenvalue weighted by Gasteiger charge is 2.05. The fourth-order valence-corrected chi connectivity index (χ4v) is 1.15. The van der Waals surface area contributed by atoms with Crippen LogP contribution in [0.15, 0.2) is 0 Å². The summed E-state index contributed by atoms with van der Waals surface area (Å²) in [6.45, 7) is 1.39. The Labute approximate surface area is 74.5 Å². The van der Waals surface area contributed by atoms with E-state index in [-0.39, 0.29) is 13.0 Å². The molecule has 0 amide bonds. The molecule has 0 aromatic carbocycles. The van der Waals surface area contributed by atoms with Crippen LogP contribution >= 0.6 is 0 Å². The lowest BCUT2D eigenvalue weighted by molar-refractivity contribution is 0.313. The molecule has 0 aliphatic carbocycles. The van der Waals surface area contributed by atoms with Crippen LogP contribution in [-0.2, 0) is 25.4 Å². The van der Waals surface area contributed by atoms with E-state index in [0.717, 1.165) is 6.26 Å². The maximum Gasteiger partial charge on any atom is 0.264 e. The molecule has 5 nitrogen and oxygen atoms in total. The van der Waals surface area contributed by atoms with Crippen molar-refractivity contribution in [3.8, 4) is 0 Å². The smallest absolute Gasteiger partial charge is 0.264 e. The molecule has 0 aromatic rings. The minimum atomic E-state index is -3.45. The largest absolute Gasteiger partial charge is 0.772 e. The first-order valence-corrected chi connectivity index (χ1v) is 6.21. The van der Waals surface area contributed by atoms with Gasteiger partial charge in [-0.2, -0.15) is 8.42 Å². The van der Waals surface area contributed by atoms with E-state index < -0.39 is 26.4 Å². The van der Waals surface area contributed by atoms with Crippen molar-refractivity contribution in [1.82, 2.24) is 0 Å². The Kier molecular flexibility index (Phi) is 4.91. The molecule has 2 atom stereocenters. The van der Waals surface area contributed by atoms with Crippen molar-refractivity contribution >= 4 is 21.2 Å². The second kappa shape index (κ2) is 4.90. The molecule has 0 N–H and O–H groups in total. The number of hydrogen-bond acceptors (Lipinski definition) is 5. The fourth-order valence-electron chi connectivity index (χ4n) is 0.462. The lowest BCUT2D eigenvalue weighted by atomic mass is 10.4. The molecule has 7 heteroatoms. The summed E-state index contributed by atoms with van der Waals surface area (Å²) in [6.07, 6.45) is 1.11. The van der Waals surface area contributed by atoms with Crippen LogP contribution in [0.25, 0.3) is 0 Å². The summed E-state index contributed by atoms with van der Waals surface area (Å²) in [4.78, 5) is 0. The molecular weight excluding hydrogens is 204 g/mol. The van der Waals surface area contributed by atoms with Crippen molar-refractivity contribution in [1.29, 1.82) is 0 Å². The van der Waals surface area contributed by atoms with E-state index in [1.54, 1.807) is 0 Å². The molecule has 0 fully saturated rings. The van der Waals surface area contributed by atoms with Crippen molar-refractivity contribution in [2.24, 2.45) is 0 Å². The molecule has 0 bridgehead atoms. The molecule has 0 radical (unpaired) electrons. The molecule has 0 aromatic heterocycles. The normalized spacial score (nSPS) is 17.2. The molecule has 0 heterocycles. The maximum absolute atomic E-state index is 10.4. The van der Waals surface area contributed by atoms with Gasteiger partial charge in [-0.05, 0) is 6.42 Å². The maximum atomic E-state index is 10.4. The van der Waals surface area contributed by atoms with Crippen molar-refractivity contribution in [3.63, 3.8) is 0 Å². The van der Waals surface area contributed by atoms with E-state index in [4.69, 9.17) is 0 Å². The molecule has 2 unspecified atom stereocenters. The zero-order valence-electron chi connectivity index (χ0n) is 6.85. The summed E-state index contributed by atoms with van der Waals surface area (Å²) in [5.74, 6) is 0. The zero-order chi connectivity index (χ0) is 9.78. The number of rotatable bonds is 5. The Morgan fingerprint density at radius 2 is 2.08 bits per heavy atom. The monoisotopic (exact) mass is 215 g/mol. The van der Waals surface area contributed by atoms with Crippen LogP contribution in [0.1, 0.15) is 13.3 Å². The number of hydrogen-bond donors (Lipinski definition) is 0. The highest BCUT2D eigenvalue weighted by Crippen LogP contribution is 2.00. The van der Waals surface area contributed by atoms with Crippen LogP contribution in [0, 0.1) is 0 Å². The van der Waals surface area contributed by atoms with Crippen molar-refractivity contribution in [2.75, 3.05) is 12.9 Å². The SMILES string of the molecule is CC(CCOS(C)(=O)=O)S(=O)[O-]. The quantitative estimate of drug-likeness (QED) is 0.461. The van der Waals surface area contributed by atoms with Gasteiger partial charge in [0.25, 0.3) is 10.1 Å². The van der Waals surface area contributed by atoms with Gasteiger partial charge in [-0.15, -0.1) is 0 Å². The van der Waals surface area contributed by atoms with Crippen molar-refractivity contribution < 1.29 is 21.4 Å². The van der Waals surface area contributed by atoms with E-state index in [1.165, 1.54) is 6.92 Å². The van der Waals surface area contributed by atoms with Gasteiger partial charge in [0, 0.05) is 5.25 Å². The molecule has 0 saturated heterocycles. The predicted molar refractivity (Wildman–Crippen MR) is 43.8 cm³/mol. The van der Waals surface area contributed by atoms with E-state index in [2.05, 4.69) is 4.18 Å². The minimum Gasteiger partial charge on any atom is -0.772 e. The average Bonchev–Trinajstić information content (AvgIpc) is 1.84.